The summed E-state index contributed by atoms with van der Waals surface area (Å²) < 4.78 is 24.0. The third-order valence-electron chi connectivity index (χ3n) is 6.24. The molecule has 1 aliphatic carbocycles. The molecule has 188 valence electrons. The van der Waals surface area contributed by atoms with Crippen LogP contribution in [0.4, 0.5) is 0 Å². The van der Waals surface area contributed by atoms with Crippen molar-refractivity contribution in [3.8, 4) is 16.9 Å². The maximum absolute atomic E-state index is 13.7. The first-order valence-electron chi connectivity index (χ1n) is 13.6. The van der Waals surface area contributed by atoms with Gasteiger partial charge in [0, 0.05) is 30.1 Å². The van der Waals surface area contributed by atoms with E-state index in [-0.39, 0.29) is 18.4 Å². The average molecular weight is 488 g/mol. The van der Waals surface area contributed by atoms with E-state index in [1.807, 2.05) is 12.1 Å². The van der Waals surface area contributed by atoms with Gasteiger partial charge in [-0.2, -0.15) is 0 Å². The number of carboxylic acids is 1. The van der Waals surface area contributed by atoms with Crippen LogP contribution in [0, 0.1) is 13.8 Å². The van der Waals surface area contributed by atoms with Crippen molar-refractivity contribution in [1.29, 1.82) is 0 Å². The third-order valence-corrected chi connectivity index (χ3v) is 6.24. The molecular weight excluding hydrogens is 450 g/mol. The van der Waals surface area contributed by atoms with Crippen molar-refractivity contribution in [1.82, 2.24) is 4.90 Å². The quantitative estimate of drug-likeness (QED) is 0.285. The molecule has 0 aliphatic heterocycles. The Bertz CT molecular complexity index is 1270. The molecule has 0 heterocycles. The molecule has 0 bridgehead atoms. The highest BCUT2D eigenvalue weighted by Gasteiger charge is 2.33. The van der Waals surface area contributed by atoms with Gasteiger partial charge in [-0.25, -0.2) is 0 Å². The average Bonchev–Trinajstić information content (AvgIpc) is 3.70. The zero-order chi connectivity index (χ0) is 27.3. The molecule has 0 spiro atoms. The van der Waals surface area contributed by atoms with E-state index in [2.05, 4.69) is 32.0 Å². The van der Waals surface area contributed by atoms with E-state index in [1.54, 1.807) is 36.4 Å². The zero-order valence-corrected chi connectivity index (χ0v) is 21.0. The van der Waals surface area contributed by atoms with Crippen LogP contribution in [0.15, 0.2) is 66.7 Å². The van der Waals surface area contributed by atoms with E-state index >= 15 is 0 Å². The number of amides is 1. The number of aliphatic carboxylic acids is 1. The van der Waals surface area contributed by atoms with Crippen molar-refractivity contribution in [2.24, 2.45) is 0 Å². The van der Waals surface area contributed by atoms with Gasteiger partial charge in [-0.3, -0.25) is 9.59 Å². The Labute approximate surface area is 216 Å². The number of carbonyl (C=O) groups is 2. The van der Waals surface area contributed by atoms with Gasteiger partial charge in [-0.05, 0) is 75.3 Å². The lowest BCUT2D eigenvalue weighted by molar-refractivity contribution is -0.137. The molecule has 1 amide bonds. The predicted octanol–water partition coefficient (Wildman–Crippen LogP) is 6.80. The number of rotatable bonds is 12. The number of carbonyl (C=O) groups excluding carboxylic acids is 1. The summed E-state index contributed by atoms with van der Waals surface area (Å²) in [5.74, 6) is -0.749. The highest BCUT2D eigenvalue weighted by molar-refractivity contribution is 5.95. The number of hydrogen-bond acceptors (Lipinski definition) is 3. The molecular formula is C31H35NO4. The van der Waals surface area contributed by atoms with Crippen molar-refractivity contribution in [2.75, 3.05) is 6.61 Å². The van der Waals surface area contributed by atoms with E-state index in [4.69, 9.17) is 12.6 Å². The first kappa shape index (κ1) is 22.8. The Morgan fingerprint density at radius 3 is 2.31 bits per heavy atom. The summed E-state index contributed by atoms with van der Waals surface area (Å²) >= 11 is 0. The highest BCUT2D eigenvalue weighted by Crippen LogP contribution is 2.32. The minimum absolute atomic E-state index is 0.128. The van der Waals surface area contributed by atoms with Crippen LogP contribution >= 0.6 is 0 Å². The molecule has 0 saturated heterocycles. The monoisotopic (exact) mass is 487 g/mol. The number of aryl methyl sites for hydroxylation is 2. The topological polar surface area (TPSA) is 66.8 Å². The Kier molecular flexibility index (Phi) is 7.54. The molecule has 1 aliphatic rings. The van der Waals surface area contributed by atoms with Gasteiger partial charge >= 0.3 is 5.97 Å². The van der Waals surface area contributed by atoms with Crippen molar-refractivity contribution >= 4 is 11.9 Å². The second-order valence-electron chi connectivity index (χ2n) is 9.52. The fraction of sp³-hybridized carbons (Fsp3) is 0.355. The number of nitrogens with zero attached hydrogens (tertiary/aromatic N) is 1. The third kappa shape index (κ3) is 6.97. The van der Waals surface area contributed by atoms with E-state index < -0.39 is 12.5 Å². The lowest BCUT2D eigenvalue weighted by Crippen LogP contribution is -2.32. The Morgan fingerprint density at radius 2 is 1.64 bits per heavy atom. The SMILES string of the molecule is [2H]C([2H])(c1ccccc1OCCCCCC(=O)O)N(C(=O)c1ccc(-c2cc(C)cc(C)c2)cc1)C1CC1. The lowest BCUT2D eigenvalue weighted by atomic mass is 9.99. The molecule has 1 saturated carbocycles. The van der Waals surface area contributed by atoms with Gasteiger partial charge in [-0.15, -0.1) is 0 Å². The number of benzene rings is 3. The normalized spacial score (nSPS) is 14.1. The molecule has 1 fully saturated rings. The van der Waals surface area contributed by atoms with Crippen LogP contribution in [-0.2, 0) is 11.3 Å². The summed E-state index contributed by atoms with van der Waals surface area (Å²) in [6, 6.07) is 20.5. The van der Waals surface area contributed by atoms with E-state index in [1.165, 1.54) is 16.0 Å². The fourth-order valence-electron chi connectivity index (χ4n) is 4.28. The van der Waals surface area contributed by atoms with Gasteiger partial charge in [0.1, 0.15) is 5.75 Å². The number of hydrogen-bond donors (Lipinski definition) is 1. The maximum Gasteiger partial charge on any atom is 0.303 e. The summed E-state index contributed by atoms with van der Waals surface area (Å²) in [6.45, 7) is 2.41. The number of para-hydroxylation sites is 1. The van der Waals surface area contributed by atoms with E-state index in [0.29, 0.717) is 42.7 Å². The largest absolute Gasteiger partial charge is 0.493 e. The van der Waals surface area contributed by atoms with Gasteiger partial charge in [0.05, 0.1) is 9.35 Å². The summed E-state index contributed by atoms with van der Waals surface area (Å²) in [5, 5.41) is 8.78. The molecule has 0 unspecified atom stereocenters. The molecule has 0 aromatic heterocycles. The molecule has 5 nitrogen and oxygen atoms in total. The molecule has 0 radical (unpaired) electrons. The molecule has 1 N–H and O–H groups in total. The second-order valence-corrected chi connectivity index (χ2v) is 9.52. The first-order valence-corrected chi connectivity index (χ1v) is 12.6. The van der Waals surface area contributed by atoms with Crippen LogP contribution in [0.25, 0.3) is 11.1 Å². The zero-order valence-electron chi connectivity index (χ0n) is 23.0. The van der Waals surface area contributed by atoms with Gasteiger partial charge in [-0.1, -0.05) is 59.7 Å². The fourth-order valence-corrected chi connectivity index (χ4v) is 4.28. The number of ether oxygens (including phenoxy) is 1. The summed E-state index contributed by atoms with van der Waals surface area (Å²) in [5.41, 5.74) is 5.22. The minimum atomic E-state index is -2.07. The summed E-state index contributed by atoms with van der Waals surface area (Å²) in [4.78, 5) is 25.8. The Morgan fingerprint density at radius 1 is 0.944 bits per heavy atom. The van der Waals surface area contributed by atoms with Gasteiger partial charge in [0.15, 0.2) is 0 Å². The maximum atomic E-state index is 13.7. The Balaban J connectivity index is 1.52. The van der Waals surface area contributed by atoms with Crippen molar-refractivity contribution in [3.05, 3.63) is 89.0 Å². The summed E-state index contributed by atoms with van der Waals surface area (Å²) in [7, 11) is 0. The van der Waals surface area contributed by atoms with E-state index in [0.717, 1.165) is 24.0 Å². The molecule has 3 aromatic carbocycles. The molecule has 36 heavy (non-hydrogen) atoms. The minimum Gasteiger partial charge on any atom is -0.493 e. The first-order chi connectivity index (χ1) is 18.2. The highest BCUT2D eigenvalue weighted by atomic mass is 16.5. The van der Waals surface area contributed by atoms with Crippen LogP contribution in [0.3, 0.4) is 0 Å². The van der Waals surface area contributed by atoms with E-state index in [9.17, 15) is 9.59 Å². The van der Waals surface area contributed by atoms with Crippen molar-refractivity contribution in [3.63, 3.8) is 0 Å². The molecule has 3 aromatic rings. The van der Waals surface area contributed by atoms with Gasteiger partial charge < -0.3 is 14.7 Å². The smallest absolute Gasteiger partial charge is 0.303 e. The van der Waals surface area contributed by atoms with Crippen LogP contribution in [-0.4, -0.2) is 34.5 Å². The molecule has 4 rings (SSSR count). The lowest BCUT2D eigenvalue weighted by Gasteiger charge is -2.24. The predicted molar refractivity (Wildman–Crippen MR) is 142 cm³/mol. The molecule has 0 atom stereocenters. The van der Waals surface area contributed by atoms with Crippen LogP contribution in [0.5, 0.6) is 5.75 Å². The van der Waals surface area contributed by atoms with Crippen LogP contribution < -0.4 is 4.74 Å². The molecule has 5 heteroatoms. The van der Waals surface area contributed by atoms with Gasteiger partial charge in [0.25, 0.3) is 5.91 Å². The Hall–Kier alpha value is -3.60. The standard InChI is InChI=1S/C31H35NO4/c1-22-18-23(2)20-27(19-22)24-11-13-25(14-12-24)31(35)32(28-15-16-28)21-26-8-5-6-9-29(26)36-17-7-3-4-10-30(33)34/h5-6,8-9,11-14,18-20,28H,3-4,7,10,15-17,21H2,1-2H3,(H,33,34)/i21D2. The number of unbranched alkanes of at least 4 members (excludes halogenated alkanes) is 2. The summed E-state index contributed by atoms with van der Waals surface area (Å²) in [6.07, 6.45) is 3.61. The van der Waals surface area contributed by atoms with Crippen molar-refractivity contribution in [2.45, 2.75) is 64.9 Å². The second kappa shape index (κ2) is 11.9. The van der Waals surface area contributed by atoms with Crippen LogP contribution in [0.1, 0.15) is 68.3 Å². The van der Waals surface area contributed by atoms with Crippen molar-refractivity contribution < 1.29 is 22.2 Å². The van der Waals surface area contributed by atoms with Crippen LogP contribution in [0.2, 0.25) is 0 Å². The number of carboxylic acid groups (broad SMARTS) is 1. The van der Waals surface area contributed by atoms with Gasteiger partial charge in [0.2, 0.25) is 0 Å².